The molecular weight excluding hydrogens is 180 g/mol. The molecule has 70 valence electrons. The maximum Gasteiger partial charge on any atom is 0.281 e. The highest BCUT2D eigenvalue weighted by molar-refractivity contribution is 5.93. The van der Waals surface area contributed by atoms with Gasteiger partial charge in [-0.25, -0.2) is 18.7 Å². The molecule has 0 fully saturated rings. The van der Waals surface area contributed by atoms with Crippen molar-refractivity contribution in [1.29, 1.82) is 0 Å². The van der Waals surface area contributed by atoms with Crippen molar-refractivity contribution in [3.63, 3.8) is 0 Å². The van der Waals surface area contributed by atoms with E-state index in [9.17, 15) is 13.6 Å². The van der Waals surface area contributed by atoms with E-state index < -0.39 is 18.0 Å². The Kier molecular flexibility index (Phi) is 2.50. The number of hydrogen-bond acceptors (Lipinski definition) is 3. The average Bonchev–Trinajstić information content (AvgIpc) is 2.03. The number of carbonyl (C=O) groups excluding carboxylic acids is 1. The van der Waals surface area contributed by atoms with Gasteiger partial charge in [-0.05, 0) is 6.92 Å². The molecule has 1 heterocycles. The van der Waals surface area contributed by atoms with Gasteiger partial charge in [-0.2, -0.15) is 0 Å². The summed E-state index contributed by atoms with van der Waals surface area (Å²) >= 11 is 0. The van der Waals surface area contributed by atoms with Crippen LogP contribution in [0.1, 0.15) is 28.3 Å². The summed E-state index contributed by atoms with van der Waals surface area (Å²) in [7, 11) is 0. The minimum atomic E-state index is -2.82. The third kappa shape index (κ3) is 1.95. The lowest BCUT2D eigenvalue weighted by molar-refractivity contribution is 0.0982. The Morgan fingerprint density at radius 2 is 2.23 bits per heavy atom. The average molecular weight is 187 g/mol. The lowest BCUT2D eigenvalue weighted by atomic mass is 10.2. The van der Waals surface area contributed by atoms with Gasteiger partial charge in [-0.15, -0.1) is 0 Å². The van der Waals surface area contributed by atoms with Gasteiger partial charge in [-0.3, -0.25) is 4.79 Å². The van der Waals surface area contributed by atoms with Crippen molar-refractivity contribution in [3.8, 4) is 0 Å². The Bertz CT molecular complexity index is 341. The van der Waals surface area contributed by atoms with Crippen LogP contribution >= 0.6 is 0 Å². The van der Waals surface area contributed by atoms with E-state index >= 15 is 0 Å². The summed E-state index contributed by atoms with van der Waals surface area (Å²) in [5, 5.41) is 0. The van der Waals surface area contributed by atoms with Crippen LogP contribution in [-0.4, -0.2) is 15.9 Å². The summed E-state index contributed by atoms with van der Waals surface area (Å²) in [6.07, 6.45) is -1.81. The fourth-order valence-electron chi connectivity index (χ4n) is 0.844. The zero-order valence-corrected chi connectivity index (χ0v) is 6.79. The molecule has 1 aromatic heterocycles. The van der Waals surface area contributed by atoms with E-state index in [0.29, 0.717) is 0 Å². The Morgan fingerprint density at radius 1 is 1.62 bits per heavy atom. The predicted molar refractivity (Wildman–Crippen MR) is 40.2 cm³/mol. The minimum absolute atomic E-state index is 0.181. The van der Waals surface area contributed by atoms with Gasteiger partial charge >= 0.3 is 0 Å². The van der Waals surface area contributed by atoms with Crippen LogP contribution in [0, 0.1) is 6.92 Å². The monoisotopic (exact) mass is 187 g/mol. The summed E-state index contributed by atoms with van der Waals surface area (Å²) in [5.74, 6) is -0.768. The predicted octanol–water partition coefficient (Wildman–Crippen LogP) is 0.822. The summed E-state index contributed by atoms with van der Waals surface area (Å²) in [5.41, 5.74) is 3.91. The van der Waals surface area contributed by atoms with Crippen molar-refractivity contribution in [2.45, 2.75) is 13.3 Å². The molecule has 0 unspecified atom stereocenters. The number of alkyl halides is 2. The second-order valence-electron chi connectivity index (χ2n) is 2.38. The van der Waals surface area contributed by atoms with Crippen LogP contribution in [0.15, 0.2) is 6.20 Å². The first kappa shape index (κ1) is 9.50. The zero-order chi connectivity index (χ0) is 10.0. The molecule has 0 spiro atoms. The number of nitrogens with two attached hydrogens (primary N) is 1. The molecule has 0 radical (unpaired) electrons. The van der Waals surface area contributed by atoms with Crippen LogP contribution < -0.4 is 5.73 Å². The van der Waals surface area contributed by atoms with E-state index in [1.54, 1.807) is 0 Å². The van der Waals surface area contributed by atoms with Crippen LogP contribution in [0.4, 0.5) is 8.78 Å². The normalized spacial score (nSPS) is 10.5. The van der Waals surface area contributed by atoms with E-state index in [4.69, 9.17) is 5.73 Å². The third-order valence-corrected chi connectivity index (χ3v) is 1.41. The Hall–Kier alpha value is -1.59. The highest BCUT2D eigenvalue weighted by Crippen LogP contribution is 2.19. The standard InChI is InChI=1S/C7H7F2N3O/c1-3-11-2-4(7(10)13)5(12-3)6(8)9/h2,6H,1H3,(H2,10,13). The van der Waals surface area contributed by atoms with Gasteiger partial charge in [-0.1, -0.05) is 0 Å². The van der Waals surface area contributed by atoms with Gasteiger partial charge in [0.25, 0.3) is 12.3 Å². The largest absolute Gasteiger partial charge is 0.365 e. The van der Waals surface area contributed by atoms with Gasteiger partial charge in [0.05, 0.1) is 5.56 Å². The molecule has 1 rings (SSSR count). The fourth-order valence-corrected chi connectivity index (χ4v) is 0.844. The van der Waals surface area contributed by atoms with Crippen molar-refractivity contribution in [1.82, 2.24) is 9.97 Å². The fraction of sp³-hybridized carbons (Fsp3) is 0.286. The van der Waals surface area contributed by atoms with E-state index in [1.165, 1.54) is 6.92 Å². The molecule has 0 atom stereocenters. The first-order chi connectivity index (χ1) is 6.02. The topological polar surface area (TPSA) is 68.9 Å². The minimum Gasteiger partial charge on any atom is -0.365 e. The maximum atomic E-state index is 12.3. The molecule has 0 aliphatic carbocycles. The molecule has 6 heteroatoms. The van der Waals surface area contributed by atoms with Gasteiger partial charge in [0.15, 0.2) is 0 Å². The molecule has 4 nitrogen and oxygen atoms in total. The number of aryl methyl sites for hydroxylation is 1. The Morgan fingerprint density at radius 3 is 2.69 bits per heavy atom. The number of amides is 1. The second-order valence-corrected chi connectivity index (χ2v) is 2.38. The van der Waals surface area contributed by atoms with Crippen molar-refractivity contribution in [2.75, 3.05) is 0 Å². The number of primary amides is 1. The Labute approximate surface area is 72.8 Å². The summed E-state index contributed by atoms with van der Waals surface area (Å²) in [6, 6.07) is 0. The molecule has 0 bridgehead atoms. The maximum absolute atomic E-state index is 12.3. The summed E-state index contributed by atoms with van der Waals surface area (Å²) < 4.78 is 24.5. The highest BCUT2D eigenvalue weighted by Gasteiger charge is 2.18. The second kappa shape index (κ2) is 3.42. The zero-order valence-electron chi connectivity index (χ0n) is 6.79. The molecule has 0 aliphatic rings. The third-order valence-electron chi connectivity index (χ3n) is 1.41. The van der Waals surface area contributed by atoms with Crippen LogP contribution in [0.25, 0.3) is 0 Å². The number of rotatable bonds is 2. The lowest BCUT2D eigenvalue weighted by Gasteiger charge is -2.03. The molecule has 2 N–H and O–H groups in total. The van der Waals surface area contributed by atoms with Gasteiger partial charge in [0.2, 0.25) is 0 Å². The van der Waals surface area contributed by atoms with E-state index in [0.717, 1.165) is 6.20 Å². The van der Waals surface area contributed by atoms with E-state index in [-0.39, 0.29) is 11.4 Å². The number of hydrogen-bond donors (Lipinski definition) is 1. The number of halogens is 2. The summed E-state index contributed by atoms with van der Waals surface area (Å²) in [6.45, 7) is 1.46. The van der Waals surface area contributed by atoms with Gasteiger partial charge in [0.1, 0.15) is 11.5 Å². The molecular formula is C7H7F2N3O. The van der Waals surface area contributed by atoms with Crippen LogP contribution in [0.3, 0.4) is 0 Å². The first-order valence-corrected chi connectivity index (χ1v) is 3.44. The molecule has 0 aliphatic heterocycles. The van der Waals surface area contributed by atoms with Crippen molar-refractivity contribution >= 4 is 5.91 Å². The number of carbonyl (C=O) groups is 1. The van der Waals surface area contributed by atoms with E-state index in [1.807, 2.05) is 0 Å². The van der Waals surface area contributed by atoms with Gasteiger partial charge < -0.3 is 5.73 Å². The molecule has 13 heavy (non-hydrogen) atoms. The molecule has 0 aromatic carbocycles. The highest BCUT2D eigenvalue weighted by atomic mass is 19.3. The van der Waals surface area contributed by atoms with Gasteiger partial charge in [0, 0.05) is 6.20 Å². The molecule has 1 amide bonds. The van der Waals surface area contributed by atoms with Crippen molar-refractivity contribution in [2.24, 2.45) is 5.73 Å². The molecule has 0 saturated carbocycles. The van der Waals surface area contributed by atoms with Crippen LogP contribution in [-0.2, 0) is 0 Å². The first-order valence-electron chi connectivity index (χ1n) is 3.44. The SMILES string of the molecule is Cc1ncc(C(N)=O)c(C(F)F)n1. The summed E-state index contributed by atoms with van der Waals surface area (Å²) in [4.78, 5) is 17.7. The van der Waals surface area contributed by atoms with E-state index in [2.05, 4.69) is 9.97 Å². The lowest BCUT2D eigenvalue weighted by Crippen LogP contribution is -2.16. The quantitative estimate of drug-likeness (QED) is 0.745. The van der Waals surface area contributed by atoms with Crippen LogP contribution in [0.5, 0.6) is 0 Å². The number of nitrogens with zero attached hydrogens (tertiary/aromatic N) is 2. The molecule has 0 saturated heterocycles. The molecule has 1 aromatic rings. The van der Waals surface area contributed by atoms with Crippen LogP contribution in [0.2, 0.25) is 0 Å². The number of aromatic nitrogens is 2. The smallest absolute Gasteiger partial charge is 0.281 e. The van der Waals surface area contributed by atoms with Crippen molar-refractivity contribution in [3.05, 3.63) is 23.3 Å². The Balaban J connectivity index is 3.26. The van der Waals surface area contributed by atoms with Crippen molar-refractivity contribution < 1.29 is 13.6 Å².